The van der Waals surface area contributed by atoms with Crippen molar-refractivity contribution in [1.29, 1.82) is 0 Å². The van der Waals surface area contributed by atoms with Crippen molar-refractivity contribution >= 4 is 5.91 Å². The lowest BCUT2D eigenvalue weighted by Crippen LogP contribution is -2.44. The first-order valence-corrected chi connectivity index (χ1v) is 9.20. The average molecular weight is 359 g/mol. The maximum atomic E-state index is 12.5. The molecule has 2 aromatic heterocycles. The first-order chi connectivity index (χ1) is 12.7. The van der Waals surface area contributed by atoms with E-state index >= 15 is 0 Å². The van der Waals surface area contributed by atoms with Crippen LogP contribution < -0.4 is 5.32 Å². The first-order valence-electron chi connectivity index (χ1n) is 9.20. The quantitative estimate of drug-likeness (QED) is 0.739. The Kier molecular flexibility index (Phi) is 4.78. The Morgan fingerprint density at radius 3 is 2.88 bits per heavy atom. The Balaban J connectivity index is 1.36. The zero-order valence-electron chi connectivity index (χ0n) is 15.0. The molecule has 2 heterocycles. The molecule has 26 heavy (non-hydrogen) atoms. The molecule has 1 amide bonds. The molecular weight excluding hydrogens is 334 g/mol. The lowest BCUT2D eigenvalue weighted by molar-refractivity contribution is 0.0896. The van der Waals surface area contributed by atoms with E-state index in [0.717, 1.165) is 37.2 Å². The molecule has 8 heteroatoms. The molecular formula is C18H25N5O3. The Morgan fingerprint density at radius 2 is 2.19 bits per heavy atom. The number of hydrogen-bond donors (Lipinski definition) is 2. The van der Waals surface area contributed by atoms with E-state index in [1.165, 1.54) is 0 Å². The molecule has 2 fully saturated rings. The van der Waals surface area contributed by atoms with Crippen LogP contribution in [-0.4, -0.2) is 50.1 Å². The minimum Gasteiger partial charge on any atom is -0.388 e. The van der Waals surface area contributed by atoms with E-state index < -0.39 is 0 Å². The molecule has 0 saturated heterocycles. The molecule has 140 valence electrons. The van der Waals surface area contributed by atoms with Crippen LogP contribution in [0.15, 0.2) is 18.3 Å². The number of ether oxygens (including phenoxy) is 1. The fourth-order valence-electron chi connectivity index (χ4n) is 3.66. The number of carbonyl (C=O) groups is 1. The van der Waals surface area contributed by atoms with Crippen LogP contribution in [0.25, 0.3) is 0 Å². The normalized spacial score (nSPS) is 22.2. The van der Waals surface area contributed by atoms with Crippen molar-refractivity contribution in [2.45, 2.75) is 56.8 Å². The number of aliphatic hydroxyl groups is 1. The minimum absolute atomic E-state index is 0.00208. The Bertz CT molecular complexity index is 774. The number of amides is 1. The van der Waals surface area contributed by atoms with Gasteiger partial charge in [-0.25, -0.2) is 0 Å². The smallest absolute Gasteiger partial charge is 0.268 e. The summed E-state index contributed by atoms with van der Waals surface area (Å²) in [5.74, 6) is 1.69. The van der Waals surface area contributed by atoms with E-state index in [-0.39, 0.29) is 24.5 Å². The van der Waals surface area contributed by atoms with Crippen molar-refractivity contribution in [3.05, 3.63) is 35.7 Å². The Labute approximate surface area is 152 Å². The molecule has 0 unspecified atom stereocenters. The number of nitrogens with zero attached hydrogens (tertiary/aromatic N) is 4. The van der Waals surface area contributed by atoms with E-state index in [1.54, 1.807) is 7.11 Å². The largest absolute Gasteiger partial charge is 0.388 e. The highest BCUT2D eigenvalue weighted by Gasteiger charge is 2.36. The molecule has 0 aliphatic heterocycles. The van der Waals surface area contributed by atoms with Gasteiger partial charge in [0.15, 0.2) is 5.82 Å². The van der Waals surface area contributed by atoms with Crippen LogP contribution in [0, 0.1) is 0 Å². The molecule has 0 radical (unpaired) electrons. The van der Waals surface area contributed by atoms with Crippen LogP contribution in [0.1, 0.15) is 59.8 Å². The second-order valence-electron chi connectivity index (χ2n) is 7.15. The van der Waals surface area contributed by atoms with Gasteiger partial charge in [0.25, 0.3) is 5.91 Å². The van der Waals surface area contributed by atoms with Gasteiger partial charge in [-0.15, -0.1) is 10.2 Å². The highest BCUT2D eigenvalue weighted by molar-refractivity contribution is 5.93. The average Bonchev–Trinajstić information content (AvgIpc) is 3.19. The van der Waals surface area contributed by atoms with Gasteiger partial charge in [0.05, 0.1) is 6.61 Å². The molecule has 2 N–H and O–H groups in total. The summed E-state index contributed by atoms with van der Waals surface area (Å²) in [5, 5.41) is 20.9. The minimum atomic E-state index is -0.137. The topological polar surface area (TPSA) is 94.2 Å². The summed E-state index contributed by atoms with van der Waals surface area (Å²) in [6, 6.07) is 4.47. The van der Waals surface area contributed by atoms with Gasteiger partial charge < -0.3 is 24.3 Å². The lowest BCUT2D eigenvalue weighted by atomic mass is 9.79. The van der Waals surface area contributed by atoms with Gasteiger partial charge in [0.1, 0.15) is 18.1 Å². The van der Waals surface area contributed by atoms with Crippen LogP contribution in [0.2, 0.25) is 0 Å². The third kappa shape index (κ3) is 3.26. The zero-order valence-corrected chi connectivity index (χ0v) is 15.0. The standard InChI is InChI=1S/C18H25N5O3/c1-26-8-7-23-16(11-24)20-21-17(23)12-9-13(10-12)19-18(25)15-3-2-6-22(15)14-4-5-14/h2-3,6,12-14,24H,4-5,7-11H2,1H3,(H,19,25). The second kappa shape index (κ2) is 7.20. The van der Waals surface area contributed by atoms with Gasteiger partial charge in [-0.3, -0.25) is 4.79 Å². The van der Waals surface area contributed by atoms with E-state index in [1.807, 2.05) is 22.9 Å². The predicted octanol–water partition coefficient (Wildman–Crippen LogP) is 1.23. The fourth-order valence-corrected chi connectivity index (χ4v) is 3.66. The second-order valence-corrected chi connectivity index (χ2v) is 7.15. The molecule has 2 aliphatic carbocycles. The molecule has 0 aromatic carbocycles. The van der Waals surface area contributed by atoms with Crippen molar-refractivity contribution in [2.24, 2.45) is 0 Å². The number of aliphatic hydroxyl groups excluding tert-OH is 1. The number of carbonyl (C=O) groups excluding carboxylic acids is 1. The van der Waals surface area contributed by atoms with Crippen molar-refractivity contribution < 1.29 is 14.6 Å². The van der Waals surface area contributed by atoms with Gasteiger partial charge in [-0.2, -0.15) is 0 Å². The van der Waals surface area contributed by atoms with Crippen LogP contribution >= 0.6 is 0 Å². The summed E-state index contributed by atoms with van der Waals surface area (Å²) in [5.41, 5.74) is 0.752. The van der Waals surface area contributed by atoms with Crippen LogP contribution in [0.3, 0.4) is 0 Å². The molecule has 2 aliphatic rings. The van der Waals surface area contributed by atoms with E-state index in [0.29, 0.717) is 25.0 Å². The van der Waals surface area contributed by atoms with Gasteiger partial charge in [0, 0.05) is 37.9 Å². The van der Waals surface area contributed by atoms with Crippen molar-refractivity contribution in [1.82, 2.24) is 24.6 Å². The predicted molar refractivity (Wildman–Crippen MR) is 93.8 cm³/mol. The van der Waals surface area contributed by atoms with Gasteiger partial charge in [0.2, 0.25) is 0 Å². The van der Waals surface area contributed by atoms with E-state index in [9.17, 15) is 9.90 Å². The number of hydrogen-bond acceptors (Lipinski definition) is 5. The summed E-state index contributed by atoms with van der Waals surface area (Å²) in [7, 11) is 1.65. The van der Waals surface area contributed by atoms with Crippen molar-refractivity contribution in [3.8, 4) is 0 Å². The molecule has 8 nitrogen and oxygen atoms in total. The third-order valence-corrected chi connectivity index (χ3v) is 5.31. The number of nitrogens with one attached hydrogen (secondary N) is 1. The summed E-state index contributed by atoms with van der Waals surface area (Å²) in [4.78, 5) is 12.5. The molecule has 2 saturated carbocycles. The van der Waals surface area contributed by atoms with Gasteiger partial charge >= 0.3 is 0 Å². The van der Waals surface area contributed by atoms with Crippen molar-refractivity contribution in [2.75, 3.05) is 13.7 Å². The van der Waals surface area contributed by atoms with E-state index in [4.69, 9.17) is 4.74 Å². The van der Waals surface area contributed by atoms with Crippen molar-refractivity contribution in [3.63, 3.8) is 0 Å². The molecule has 0 spiro atoms. The number of methoxy groups -OCH3 is 1. The van der Waals surface area contributed by atoms with Crippen LogP contribution in [0.5, 0.6) is 0 Å². The monoisotopic (exact) mass is 359 g/mol. The third-order valence-electron chi connectivity index (χ3n) is 5.31. The summed E-state index contributed by atoms with van der Waals surface area (Å²) in [6.45, 7) is 1.03. The molecule has 2 aromatic rings. The number of rotatable bonds is 8. The molecule has 4 rings (SSSR count). The summed E-state index contributed by atoms with van der Waals surface area (Å²) >= 11 is 0. The first kappa shape index (κ1) is 17.2. The van der Waals surface area contributed by atoms with Crippen LogP contribution in [-0.2, 0) is 17.9 Å². The SMILES string of the molecule is COCCn1c(CO)nnc1C1CC(NC(=O)c2cccn2C2CC2)C1. The molecule has 0 atom stereocenters. The maximum Gasteiger partial charge on any atom is 0.268 e. The van der Waals surface area contributed by atoms with Gasteiger partial charge in [-0.05, 0) is 37.8 Å². The summed E-state index contributed by atoms with van der Waals surface area (Å²) < 4.78 is 9.15. The maximum absolute atomic E-state index is 12.5. The zero-order chi connectivity index (χ0) is 18.1. The molecule has 0 bridgehead atoms. The lowest BCUT2D eigenvalue weighted by Gasteiger charge is -2.35. The van der Waals surface area contributed by atoms with Crippen LogP contribution in [0.4, 0.5) is 0 Å². The Morgan fingerprint density at radius 1 is 1.38 bits per heavy atom. The van der Waals surface area contributed by atoms with Gasteiger partial charge in [-0.1, -0.05) is 0 Å². The fraction of sp³-hybridized carbons (Fsp3) is 0.611. The number of aromatic nitrogens is 4. The van der Waals surface area contributed by atoms with E-state index in [2.05, 4.69) is 20.1 Å². The summed E-state index contributed by atoms with van der Waals surface area (Å²) in [6.07, 6.45) is 5.99. The highest BCUT2D eigenvalue weighted by Crippen LogP contribution is 2.38. The highest BCUT2D eigenvalue weighted by atomic mass is 16.5. The Hall–Kier alpha value is -2.19.